The van der Waals surface area contributed by atoms with Crippen molar-refractivity contribution in [3.05, 3.63) is 54.6 Å². The van der Waals surface area contributed by atoms with Crippen molar-refractivity contribution in [2.75, 3.05) is 20.2 Å². The number of methoxy groups -OCH3 is 1. The molecule has 1 saturated heterocycles. The molecule has 144 valence electrons. The molecule has 0 unspecified atom stereocenters. The van der Waals surface area contributed by atoms with E-state index in [4.69, 9.17) is 4.74 Å². The molecule has 0 N–H and O–H groups in total. The van der Waals surface area contributed by atoms with Crippen LogP contribution in [0.4, 0.5) is 0 Å². The number of piperidine rings is 1. The van der Waals surface area contributed by atoms with E-state index in [0.29, 0.717) is 18.7 Å². The van der Waals surface area contributed by atoms with E-state index in [2.05, 4.69) is 10.1 Å². The van der Waals surface area contributed by atoms with Crippen molar-refractivity contribution in [3.8, 4) is 5.75 Å². The molecule has 0 aliphatic carbocycles. The van der Waals surface area contributed by atoms with Gasteiger partial charge in [0.1, 0.15) is 24.9 Å². The molecule has 28 heavy (non-hydrogen) atoms. The number of hydrogen-bond acceptors (Lipinski definition) is 5. The first-order chi connectivity index (χ1) is 13.6. The van der Waals surface area contributed by atoms with Gasteiger partial charge in [-0.2, -0.15) is 5.10 Å². The van der Waals surface area contributed by atoms with Gasteiger partial charge >= 0.3 is 0 Å². The molecule has 0 radical (unpaired) electrons. The molecule has 1 atom stereocenters. The fourth-order valence-electron chi connectivity index (χ4n) is 3.71. The van der Waals surface area contributed by atoms with E-state index < -0.39 is 0 Å². The number of ketones is 1. The first-order valence-electron chi connectivity index (χ1n) is 9.36. The number of nitrogens with zero attached hydrogens (tertiary/aromatic N) is 4. The van der Waals surface area contributed by atoms with Gasteiger partial charge in [0.25, 0.3) is 0 Å². The number of fused-ring (bicyclic) bond motifs is 1. The standard InChI is InChI=1S/C21H22N4O3/c1-28-19-7-6-15-9-17(5-4-16(15)10-19)21(27)18-3-2-8-24(11-18)20(26)12-25-14-22-13-23-25/h4-7,9-10,13-14,18H,2-3,8,11-12H2,1H3/t18-/m1/s1. The average Bonchev–Trinajstić information content (AvgIpc) is 3.25. The van der Waals surface area contributed by atoms with E-state index in [9.17, 15) is 9.59 Å². The highest BCUT2D eigenvalue weighted by atomic mass is 16.5. The van der Waals surface area contributed by atoms with Crippen LogP contribution in [0.5, 0.6) is 5.75 Å². The van der Waals surface area contributed by atoms with Crippen LogP contribution in [0.1, 0.15) is 23.2 Å². The molecule has 0 saturated carbocycles. The van der Waals surface area contributed by atoms with E-state index >= 15 is 0 Å². The Morgan fingerprint density at radius 2 is 2.00 bits per heavy atom. The van der Waals surface area contributed by atoms with Crippen LogP contribution in [0, 0.1) is 5.92 Å². The Morgan fingerprint density at radius 1 is 1.18 bits per heavy atom. The van der Waals surface area contributed by atoms with Crippen LogP contribution in [0.25, 0.3) is 10.8 Å². The summed E-state index contributed by atoms with van der Waals surface area (Å²) in [5.74, 6) is 0.675. The van der Waals surface area contributed by atoms with E-state index in [0.717, 1.165) is 29.4 Å². The van der Waals surface area contributed by atoms with Gasteiger partial charge in [0, 0.05) is 24.6 Å². The highest BCUT2D eigenvalue weighted by molar-refractivity contribution is 6.01. The van der Waals surface area contributed by atoms with Crippen LogP contribution < -0.4 is 4.74 Å². The molecule has 3 aromatic rings. The number of Topliss-reactive ketones (excluding diaryl/α,β-unsaturated/α-hetero) is 1. The highest BCUT2D eigenvalue weighted by Crippen LogP contribution is 2.25. The van der Waals surface area contributed by atoms with Gasteiger partial charge in [-0.1, -0.05) is 18.2 Å². The normalized spacial score (nSPS) is 16.9. The molecule has 0 spiro atoms. The van der Waals surface area contributed by atoms with Crippen molar-refractivity contribution in [2.45, 2.75) is 19.4 Å². The Balaban J connectivity index is 1.47. The monoisotopic (exact) mass is 378 g/mol. The van der Waals surface area contributed by atoms with Crippen molar-refractivity contribution < 1.29 is 14.3 Å². The average molecular weight is 378 g/mol. The molecular weight excluding hydrogens is 356 g/mol. The lowest BCUT2D eigenvalue weighted by molar-refractivity contribution is -0.133. The summed E-state index contributed by atoms with van der Waals surface area (Å²) < 4.78 is 6.76. The molecular formula is C21H22N4O3. The minimum Gasteiger partial charge on any atom is -0.497 e. The van der Waals surface area contributed by atoms with Crippen LogP contribution in [-0.4, -0.2) is 51.6 Å². The van der Waals surface area contributed by atoms with Gasteiger partial charge in [0.05, 0.1) is 7.11 Å². The van der Waals surface area contributed by atoms with Crippen molar-refractivity contribution in [1.82, 2.24) is 19.7 Å². The van der Waals surface area contributed by atoms with Crippen LogP contribution in [-0.2, 0) is 11.3 Å². The van der Waals surface area contributed by atoms with Crippen molar-refractivity contribution in [3.63, 3.8) is 0 Å². The third-order valence-corrected chi connectivity index (χ3v) is 5.24. The Hall–Kier alpha value is -3.22. The third kappa shape index (κ3) is 3.74. The second kappa shape index (κ2) is 7.80. The molecule has 4 rings (SSSR count). The second-order valence-corrected chi connectivity index (χ2v) is 7.06. The van der Waals surface area contributed by atoms with Gasteiger partial charge in [-0.05, 0) is 41.8 Å². The molecule has 1 aliphatic rings. The zero-order valence-corrected chi connectivity index (χ0v) is 15.7. The zero-order chi connectivity index (χ0) is 19.5. The van der Waals surface area contributed by atoms with E-state index in [-0.39, 0.29) is 24.2 Å². The van der Waals surface area contributed by atoms with Crippen molar-refractivity contribution in [2.24, 2.45) is 5.92 Å². The summed E-state index contributed by atoms with van der Waals surface area (Å²) in [7, 11) is 1.64. The molecule has 1 aromatic heterocycles. The van der Waals surface area contributed by atoms with Crippen LogP contribution in [0.3, 0.4) is 0 Å². The fraction of sp³-hybridized carbons (Fsp3) is 0.333. The molecule has 0 bridgehead atoms. The maximum atomic E-state index is 13.1. The maximum absolute atomic E-state index is 13.1. The van der Waals surface area contributed by atoms with Gasteiger partial charge in [0.15, 0.2) is 5.78 Å². The van der Waals surface area contributed by atoms with Gasteiger partial charge in [-0.25, -0.2) is 9.67 Å². The summed E-state index contributed by atoms with van der Waals surface area (Å²) in [6, 6.07) is 11.5. The van der Waals surface area contributed by atoms with Gasteiger partial charge in [-0.3, -0.25) is 9.59 Å². The molecule has 1 aliphatic heterocycles. The van der Waals surface area contributed by atoms with E-state index in [1.807, 2.05) is 36.4 Å². The lowest BCUT2D eigenvalue weighted by atomic mass is 9.89. The predicted octanol–water partition coefficient (Wildman–Crippen LogP) is 2.56. The van der Waals surface area contributed by atoms with Crippen molar-refractivity contribution >= 4 is 22.5 Å². The lowest BCUT2D eigenvalue weighted by Crippen LogP contribution is -2.43. The first kappa shape index (κ1) is 18.2. The van der Waals surface area contributed by atoms with E-state index in [1.165, 1.54) is 17.3 Å². The Morgan fingerprint density at radius 3 is 2.79 bits per heavy atom. The summed E-state index contributed by atoms with van der Waals surface area (Å²) >= 11 is 0. The number of rotatable bonds is 5. The molecule has 1 amide bonds. The molecule has 2 heterocycles. The van der Waals surface area contributed by atoms with Crippen LogP contribution >= 0.6 is 0 Å². The predicted molar refractivity (Wildman–Crippen MR) is 104 cm³/mol. The highest BCUT2D eigenvalue weighted by Gasteiger charge is 2.29. The zero-order valence-electron chi connectivity index (χ0n) is 15.7. The number of benzene rings is 2. The second-order valence-electron chi connectivity index (χ2n) is 7.06. The van der Waals surface area contributed by atoms with Gasteiger partial charge in [-0.15, -0.1) is 0 Å². The quantitative estimate of drug-likeness (QED) is 0.638. The summed E-state index contributed by atoms with van der Waals surface area (Å²) in [6.07, 6.45) is 4.55. The first-order valence-corrected chi connectivity index (χ1v) is 9.36. The third-order valence-electron chi connectivity index (χ3n) is 5.24. The van der Waals surface area contributed by atoms with Crippen molar-refractivity contribution in [1.29, 1.82) is 0 Å². The topological polar surface area (TPSA) is 77.3 Å². The largest absolute Gasteiger partial charge is 0.497 e. The summed E-state index contributed by atoms with van der Waals surface area (Å²) in [6.45, 7) is 1.28. The number of likely N-dealkylation sites (tertiary alicyclic amines) is 1. The van der Waals surface area contributed by atoms with Crippen LogP contribution in [0.2, 0.25) is 0 Å². The van der Waals surface area contributed by atoms with Gasteiger partial charge in [0.2, 0.25) is 5.91 Å². The summed E-state index contributed by atoms with van der Waals surface area (Å²) in [5.41, 5.74) is 0.688. The van der Waals surface area contributed by atoms with E-state index in [1.54, 1.807) is 12.0 Å². The minimum atomic E-state index is -0.177. The number of amides is 1. The van der Waals surface area contributed by atoms with Gasteiger partial charge < -0.3 is 9.64 Å². The van der Waals surface area contributed by atoms with Crippen LogP contribution in [0.15, 0.2) is 49.1 Å². The fourth-order valence-corrected chi connectivity index (χ4v) is 3.71. The molecule has 2 aromatic carbocycles. The minimum absolute atomic E-state index is 0.0337. The Bertz CT molecular complexity index is 1000. The number of ether oxygens (including phenoxy) is 1. The maximum Gasteiger partial charge on any atom is 0.244 e. The Labute approximate surface area is 162 Å². The number of carbonyl (C=O) groups excluding carboxylic acids is 2. The number of hydrogen-bond donors (Lipinski definition) is 0. The molecule has 7 nitrogen and oxygen atoms in total. The number of aromatic nitrogens is 3. The lowest BCUT2D eigenvalue weighted by Gasteiger charge is -2.32. The molecule has 7 heteroatoms. The Kier molecular flexibility index (Phi) is 5.06. The number of carbonyl (C=O) groups is 2. The summed E-state index contributed by atoms with van der Waals surface area (Å²) in [5, 5.41) is 6.01. The smallest absolute Gasteiger partial charge is 0.244 e. The summed E-state index contributed by atoms with van der Waals surface area (Å²) in [4.78, 5) is 31.2. The SMILES string of the molecule is COc1ccc2cc(C(=O)[C@@H]3CCCN(C(=O)Cn4cncn4)C3)ccc2c1. The molecule has 1 fully saturated rings.